The number of halogens is 4. The molecule has 0 aliphatic heterocycles. The summed E-state index contributed by atoms with van der Waals surface area (Å²) in [6.45, 7) is 0.690. The maximum atomic E-state index is 12.5. The van der Waals surface area contributed by atoms with E-state index in [4.69, 9.17) is 11.6 Å². The molecule has 0 saturated heterocycles. The van der Waals surface area contributed by atoms with Gasteiger partial charge in [-0.25, -0.2) is 0 Å². The number of benzene rings is 2. The number of hydrogen-bond donors (Lipinski definition) is 2. The molecule has 4 nitrogen and oxygen atoms in total. The molecule has 0 saturated carbocycles. The molecule has 0 bridgehead atoms. The average Bonchev–Trinajstić information content (AvgIpc) is 2.65. The lowest BCUT2D eigenvalue weighted by atomic mass is 10.1. The van der Waals surface area contributed by atoms with Crippen molar-refractivity contribution < 1.29 is 22.8 Å². The zero-order valence-electron chi connectivity index (χ0n) is 15.0. The minimum atomic E-state index is -4.35. The molecule has 0 aliphatic rings. The normalized spacial score (nSPS) is 11.1. The van der Waals surface area contributed by atoms with Crippen molar-refractivity contribution in [1.82, 2.24) is 10.6 Å². The van der Waals surface area contributed by atoms with Crippen molar-refractivity contribution in [2.75, 3.05) is 13.1 Å². The standard InChI is InChI=1S/C20H20ClF3N2O2/c21-17-9-5-15(6-10-17)19(28)26-12-1-2-18(27)25-13-11-14-3-7-16(8-4-14)20(22,23)24/h3-10H,1-2,11-13H2,(H,25,27)(H,26,28). The number of carbonyl (C=O) groups is 2. The molecule has 150 valence electrons. The van der Waals surface area contributed by atoms with Crippen molar-refractivity contribution >= 4 is 23.4 Å². The van der Waals surface area contributed by atoms with Gasteiger partial charge in [0.25, 0.3) is 5.91 Å². The fourth-order valence-electron chi connectivity index (χ4n) is 2.45. The molecule has 2 aromatic carbocycles. The zero-order valence-corrected chi connectivity index (χ0v) is 15.7. The third kappa shape index (κ3) is 7.23. The summed E-state index contributed by atoms with van der Waals surface area (Å²) >= 11 is 5.76. The van der Waals surface area contributed by atoms with Crippen molar-refractivity contribution in [1.29, 1.82) is 0 Å². The van der Waals surface area contributed by atoms with Gasteiger partial charge in [0.15, 0.2) is 0 Å². The molecule has 0 spiro atoms. The van der Waals surface area contributed by atoms with Crippen LogP contribution in [0.5, 0.6) is 0 Å². The molecule has 0 radical (unpaired) electrons. The molecule has 2 amide bonds. The summed E-state index contributed by atoms with van der Waals surface area (Å²) in [6.07, 6.45) is -3.19. The molecule has 28 heavy (non-hydrogen) atoms. The highest BCUT2D eigenvalue weighted by molar-refractivity contribution is 6.30. The Morgan fingerprint density at radius 3 is 2.14 bits per heavy atom. The highest BCUT2D eigenvalue weighted by atomic mass is 35.5. The van der Waals surface area contributed by atoms with Crippen molar-refractivity contribution in [2.45, 2.75) is 25.4 Å². The zero-order chi connectivity index (χ0) is 20.6. The Balaban J connectivity index is 1.61. The van der Waals surface area contributed by atoms with Gasteiger partial charge in [-0.3, -0.25) is 9.59 Å². The first kappa shape index (κ1) is 21.8. The van der Waals surface area contributed by atoms with Gasteiger partial charge in [0.05, 0.1) is 5.56 Å². The third-order valence-electron chi connectivity index (χ3n) is 3.99. The number of nitrogens with one attached hydrogen (secondary N) is 2. The Hall–Kier alpha value is -2.54. The van der Waals surface area contributed by atoms with Crippen molar-refractivity contribution in [3.8, 4) is 0 Å². The summed E-state index contributed by atoms with van der Waals surface area (Å²) in [5, 5.41) is 5.98. The van der Waals surface area contributed by atoms with Crippen LogP contribution < -0.4 is 10.6 Å². The number of carbonyl (C=O) groups excluding carboxylic acids is 2. The van der Waals surface area contributed by atoms with E-state index in [2.05, 4.69) is 10.6 Å². The SMILES string of the molecule is O=C(CCCNC(=O)c1ccc(Cl)cc1)NCCc1ccc(C(F)(F)F)cc1. The first-order chi connectivity index (χ1) is 13.3. The number of rotatable bonds is 8. The van der Waals surface area contributed by atoms with Gasteiger partial charge < -0.3 is 10.6 Å². The Morgan fingerprint density at radius 2 is 1.54 bits per heavy atom. The summed E-state index contributed by atoms with van der Waals surface area (Å²) in [6, 6.07) is 11.3. The van der Waals surface area contributed by atoms with Crippen LogP contribution in [-0.4, -0.2) is 24.9 Å². The fourth-order valence-corrected chi connectivity index (χ4v) is 2.58. The number of alkyl halides is 3. The molecular weight excluding hydrogens is 393 g/mol. The van der Waals surface area contributed by atoms with E-state index in [9.17, 15) is 22.8 Å². The van der Waals surface area contributed by atoms with Crippen LogP contribution in [0.2, 0.25) is 5.02 Å². The monoisotopic (exact) mass is 412 g/mol. The van der Waals surface area contributed by atoms with Gasteiger partial charge in [-0.05, 0) is 54.8 Å². The van der Waals surface area contributed by atoms with Gasteiger partial charge in [-0.15, -0.1) is 0 Å². The van der Waals surface area contributed by atoms with Crippen LogP contribution in [0.25, 0.3) is 0 Å². The van der Waals surface area contributed by atoms with Crippen LogP contribution in [0.4, 0.5) is 13.2 Å². The second-order valence-corrected chi connectivity index (χ2v) is 6.60. The highest BCUT2D eigenvalue weighted by Crippen LogP contribution is 2.29. The maximum Gasteiger partial charge on any atom is 0.416 e. The molecular formula is C20H20ClF3N2O2. The van der Waals surface area contributed by atoms with Gasteiger partial charge in [0, 0.05) is 30.1 Å². The maximum absolute atomic E-state index is 12.5. The number of amides is 2. The van der Waals surface area contributed by atoms with E-state index in [-0.39, 0.29) is 18.2 Å². The largest absolute Gasteiger partial charge is 0.416 e. The lowest BCUT2D eigenvalue weighted by molar-refractivity contribution is -0.137. The van der Waals surface area contributed by atoms with E-state index < -0.39 is 11.7 Å². The summed E-state index contributed by atoms with van der Waals surface area (Å²) in [4.78, 5) is 23.7. The minimum Gasteiger partial charge on any atom is -0.356 e. The molecule has 8 heteroatoms. The fraction of sp³-hybridized carbons (Fsp3) is 0.300. The minimum absolute atomic E-state index is 0.173. The molecule has 2 N–H and O–H groups in total. The van der Waals surface area contributed by atoms with Crippen LogP contribution in [0.15, 0.2) is 48.5 Å². The Bertz CT molecular complexity index is 791. The molecule has 0 atom stereocenters. The molecule has 0 aliphatic carbocycles. The van der Waals surface area contributed by atoms with E-state index in [1.54, 1.807) is 24.3 Å². The van der Waals surface area contributed by atoms with Crippen LogP contribution in [0.1, 0.15) is 34.3 Å². The third-order valence-corrected chi connectivity index (χ3v) is 4.24. The van der Waals surface area contributed by atoms with E-state index in [0.29, 0.717) is 42.1 Å². The van der Waals surface area contributed by atoms with Gasteiger partial charge in [-0.1, -0.05) is 23.7 Å². The smallest absolute Gasteiger partial charge is 0.356 e. The van der Waals surface area contributed by atoms with Gasteiger partial charge in [0.1, 0.15) is 0 Å². The molecule has 2 aromatic rings. The Kier molecular flexibility index (Phi) is 7.87. The summed E-state index contributed by atoms with van der Waals surface area (Å²) < 4.78 is 37.5. The lowest BCUT2D eigenvalue weighted by Crippen LogP contribution is -2.28. The lowest BCUT2D eigenvalue weighted by Gasteiger charge is -2.09. The van der Waals surface area contributed by atoms with Crippen LogP contribution >= 0.6 is 11.6 Å². The number of hydrogen-bond acceptors (Lipinski definition) is 2. The van der Waals surface area contributed by atoms with Gasteiger partial charge in [0.2, 0.25) is 5.91 Å². The highest BCUT2D eigenvalue weighted by Gasteiger charge is 2.29. The first-order valence-electron chi connectivity index (χ1n) is 8.72. The predicted octanol–water partition coefficient (Wildman–Crippen LogP) is 4.23. The van der Waals surface area contributed by atoms with E-state index in [0.717, 1.165) is 12.1 Å². The quantitative estimate of drug-likeness (QED) is 0.637. The second kappa shape index (κ2) is 10.1. The Labute approximate surface area is 166 Å². The molecule has 2 rings (SSSR count). The predicted molar refractivity (Wildman–Crippen MR) is 101 cm³/mol. The first-order valence-corrected chi connectivity index (χ1v) is 9.10. The summed E-state index contributed by atoms with van der Waals surface area (Å²) in [5.41, 5.74) is 0.509. The molecule has 0 fully saturated rings. The van der Waals surface area contributed by atoms with E-state index >= 15 is 0 Å². The molecule has 0 unspecified atom stereocenters. The van der Waals surface area contributed by atoms with Crippen molar-refractivity contribution in [3.63, 3.8) is 0 Å². The van der Waals surface area contributed by atoms with Gasteiger partial charge in [-0.2, -0.15) is 13.2 Å². The molecule has 0 heterocycles. The van der Waals surface area contributed by atoms with Crippen LogP contribution in [-0.2, 0) is 17.4 Å². The second-order valence-electron chi connectivity index (χ2n) is 6.16. The molecule has 0 aromatic heterocycles. The average molecular weight is 413 g/mol. The summed E-state index contributed by atoms with van der Waals surface area (Å²) in [5.74, 6) is -0.410. The topological polar surface area (TPSA) is 58.2 Å². The van der Waals surface area contributed by atoms with Crippen LogP contribution in [0, 0.1) is 0 Å². The Morgan fingerprint density at radius 1 is 0.893 bits per heavy atom. The van der Waals surface area contributed by atoms with Crippen molar-refractivity contribution in [3.05, 3.63) is 70.2 Å². The summed E-state index contributed by atoms with van der Waals surface area (Å²) in [7, 11) is 0. The van der Waals surface area contributed by atoms with Crippen molar-refractivity contribution in [2.24, 2.45) is 0 Å². The van der Waals surface area contributed by atoms with Crippen LogP contribution in [0.3, 0.4) is 0 Å². The van der Waals surface area contributed by atoms with E-state index in [1.165, 1.54) is 12.1 Å². The van der Waals surface area contributed by atoms with Gasteiger partial charge >= 0.3 is 6.18 Å². The van der Waals surface area contributed by atoms with E-state index in [1.807, 2.05) is 0 Å².